The highest BCUT2D eigenvalue weighted by molar-refractivity contribution is 5.96. The van der Waals surface area contributed by atoms with Crippen LogP contribution >= 0.6 is 0 Å². The number of amides is 1. The molecule has 0 unspecified atom stereocenters. The van der Waals surface area contributed by atoms with Gasteiger partial charge in [0, 0.05) is 31.4 Å². The van der Waals surface area contributed by atoms with Crippen LogP contribution < -0.4 is 26.8 Å². The standard InChI is InChI=1S/C22H24N6O5/c1-3-26(14-18(29)25(2)16-9-11-17(12-10-16)28(32)33)19-20(23)27(22(31)24-21(19)30)13-15-7-5-4-6-8-15/h4-12H,3,13-14,23H2,1-2H3,(H,24,30,31). The molecular formula is C22H24N6O5. The molecule has 0 spiro atoms. The Hall–Kier alpha value is -4.41. The molecule has 172 valence electrons. The van der Waals surface area contributed by atoms with Gasteiger partial charge in [0.05, 0.1) is 18.0 Å². The van der Waals surface area contributed by atoms with Crippen LogP contribution in [-0.4, -0.2) is 40.5 Å². The summed E-state index contributed by atoms with van der Waals surface area (Å²) in [4.78, 5) is 53.3. The van der Waals surface area contributed by atoms with Crippen molar-refractivity contribution in [3.63, 3.8) is 0 Å². The molecule has 0 atom stereocenters. The summed E-state index contributed by atoms with van der Waals surface area (Å²) in [6.45, 7) is 1.99. The van der Waals surface area contributed by atoms with Crippen molar-refractivity contribution in [1.82, 2.24) is 9.55 Å². The Kier molecular flexibility index (Phi) is 6.91. The Morgan fingerprint density at radius 2 is 1.76 bits per heavy atom. The van der Waals surface area contributed by atoms with Crippen molar-refractivity contribution in [2.75, 3.05) is 35.7 Å². The van der Waals surface area contributed by atoms with E-state index in [0.717, 1.165) is 5.56 Å². The van der Waals surface area contributed by atoms with Crippen molar-refractivity contribution in [3.05, 3.63) is 91.1 Å². The molecule has 11 heteroatoms. The molecule has 0 radical (unpaired) electrons. The first-order valence-corrected chi connectivity index (χ1v) is 10.1. The monoisotopic (exact) mass is 452 g/mol. The molecule has 1 amide bonds. The number of H-pyrrole nitrogens is 1. The Bertz CT molecular complexity index is 1270. The van der Waals surface area contributed by atoms with Gasteiger partial charge in [-0.05, 0) is 24.6 Å². The van der Waals surface area contributed by atoms with E-state index in [2.05, 4.69) is 4.98 Å². The summed E-state index contributed by atoms with van der Waals surface area (Å²) in [6, 6.07) is 14.7. The Labute approximate surface area is 188 Å². The first-order chi connectivity index (χ1) is 15.7. The summed E-state index contributed by atoms with van der Waals surface area (Å²) in [5.41, 5.74) is 6.12. The molecule has 0 aliphatic rings. The van der Waals surface area contributed by atoms with Gasteiger partial charge in [-0.25, -0.2) is 4.79 Å². The van der Waals surface area contributed by atoms with E-state index >= 15 is 0 Å². The lowest BCUT2D eigenvalue weighted by Crippen LogP contribution is -2.43. The summed E-state index contributed by atoms with van der Waals surface area (Å²) < 4.78 is 1.25. The number of benzene rings is 2. The topological polar surface area (TPSA) is 148 Å². The highest BCUT2D eigenvalue weighted by atomic mass is 16.6. The lowest BCUT2D eigenvalue weighted by atomic mass is 10.2. The summed E-state index contributed by atoms with van der Waals surface area (Å²) in [7, 11) is 1.53. The van der Waals surface area contributed by atoms with E-state index in [9.17, 15) is 24.5 Å². The second-order valence-corrected chi connectivity index (χ2v) is 7.31. The van der Waals surface area contributed by atoms with Crippen LogP contribution in [0.4, 0.5) is 22.9 Å². The van der Waals surface area contributed by atoms with Crippen molar-refractivity contribution in [3.8, 4) is 0 Å². The van der Waals surface area contributed by atoms with E-state index < -0.39 is 16.2 Å². The van der Waals surface area contributed by atoms with Gasteiger partial charge in [-0.15, -0.1) is 0 Å². The van der Waals surface area contributed by atoms with Crippen molar-refractivity contribution in [1.29, 1.82) is 0 Å². The zero-order valence-corrected chi connectivity index (χ0v) is 18.2. The summed E-state index contributed by atoms with van der Waals surface area (Å²) in [5, 5.41) is 10.8. The molecule has 3 N–H and O–H groups in total. The maximum atomic E-state index is 12.9. The fourth-order valence-corrected chi connectivity index (χ4v) is 3.37. The number of nitro groups is 1. The zero-order valence-electron chi connectivity index (χ0n) is 18.2. The first-order valence-electron chi connectivity index (χ1n) is 10.1. The van der Waals surface area contributed by atoms with Crippen LogP contribution in [0.5, 0.6) is 0 Å². The average Bonchev–Trinajstić information content (AvgIpc) is 2.81. The molecule has 0 aliphatic carbocycles. The molecule has 0 bridgehead atoms. The normalized spacial score (nSPS) is 10.6. The number of carbonyl (C=O) groups excluding carboxylic acids is 1. The molecule has 0 aliphatic heterocycles. The van der Waals surface area contributed by atoms with E-state index in [-0.39, 0.29) is 42.7 Å². The molecule has 3 aromatic rings. The fraction of sp³-hybridized carbons (Fsp3) is 0.227. The molecular weight excluding hydrogens is 428 g/mol. The molecule has 11 nitrogen and oxygen atoms in total. The van der Waals surface area contributed by atoms with Crippen molar-refractivity contribution >= 4 is 28.8 Å². The highest BCUT2D eigenvalue weighted by Gasteiger charge is 2.22. The minimum Gasteiger partial charge on any atom is -0.383 e. The number of non-ortho nitro benzene ring substituents is 1. The summed E-state index contributed by atoms with van der Waals surface area (Å²) in [6.07, 6.45) is 0. The van der Waals surface area contributed by atoms with Gasteiger partial charge in [-0.2, -0.15) is 0 Å². The predicted octanol–water partition coefficient (Wildman–Crippen LogP) is 1.56. The Morgan fingerprint density at radius 3 is 2.33 bits per heavy atom. The third-order valence-corrected chi connectivity index (χ3v) is 5.24. The van der Waals surface area contributed by atoms with Gasteiger partial charge in [-0.1, -0.05) is 30.3 Å². The minimum absolute atomic E-state index is 0.0264. The number of likely N-dealkylation sites (N-methyl/N-ethyl adjacent to an activating group) is 2. The smallest absolute Gasteiger partial charge is 0.330 e. The predicted molar refractivity (Wildman–Crippen MR) is 126 cm³/mol. The van der Waals surface area contributed by atoms with Crippen LogP contribution in [0.1, 0.15) is 12.5 Å². The molecule has 3 rings (SSSR count). The first kappa shape index (κ1) is 23.3. The highest BCUT2D eigenvalue weighted by Crippen LogP contribution is 2.21. The number of hydrogen-bond donors (Lipinski definition) is 2. The maximum absolute atomic E-state index is 12.9. The van der Waals surface area contributed by atoms with Gasteiger partial charge in [0.2, 0.25) is 5.91 Å². The number of nitrogens with zero attached hydrogens (tertiary/aromatic N) is 4. The lowest BCUT2D eigenvalue weighted by Gasteiger charge is -2.26. The van der Waals surface area contributed by atoms with Crippen molar-refractivity contribution in [2.24, 2.45) is 0 Å². The maximum Gasteiger partial charge on any atom is 0.330 e. The molecule has 2 aromatic carbocycles. The van der Waals surface area contributed by atoms with E-state index in [1.165, 1.54) is 45.7 Å². The number of carbonyl (C=O) groups is 1. The molecule has 33 heavy (non-hydrogen) atoms. The van der Waals surface area contributed by atoms with Gasteiger partial charge >= 0.3 is 5.69 Å². The molecule has 0 saturated carbocycles. The van der Waals surface area contributed by atoms with E-state index in [1.54, 1.807) is 6.92 Å². The number of nitrogens with two attached hydrogens (primary N) is 1. The Balaban J connectivity index is 1.88. The van der Waals surface area contributed by atoms with E-state index in [4.69, 9.17) is 5.73 Å². The van der Waals surface area contributed by atoms with Gasteiger partial charge in [0.1, 0.15) is 11.5 Å². The van der Waals surface area contributed by atoms with Gasteiger partial charge in [-0.3, -0.25) is 29.3 Å². The van der Waals surface area contributed by atoms with Crippen molar-refractivity contribution in [2.45, 2.75) is 13.5 Å². The van der Waals surface area contributed by atoms with Crippen molar-refractivity contribution < 1.29 is 9.72 Å². The third-order valence-electron chi connectivity index (χ3n) is 5.24. The number of nitro benzene ring substituents is 1. The second-order valence-electron chi connectivity index (χ2n) is 7.31. The number of aromatic nitrogens is 2. The largest absolute Gasteiger partial charge is 0.383 e. The van der Waals surface area contributed by atoms with Gasteiger partial charge in [0.15, 0.2) is 0 Å². The number of aromatic amines is 1. The summed E-state index contributed by atoms with van der Waals surface area (Å²) in [5.74, 6) is -0.412. The zero-order chi connectivity index (χ0) is 24.1. The molecule has 1 aromatic heterocycles. The minimum atomic E-state index is -0.686. The number of rotatable bonds is 8. The van der Waals surface area contributed by atoms with Crippen LogP contribution in [0.3, 0.4) is 0 Å². The number of nitrogens with one attached hydrogen (secondary N) is 1. The average molecular weight is 452 g/mol. The van der Waals surface area contributed by atoms with Gasteiger partial charge < -0.3 is 15.5 Å². The number of hydrogen-bond acceptors (Lipinski definition) is 7. The SMILES string of the molecule is CCN(CC(=O)N(C)c1ccc([N+](=O)[O-])cc1)c1c(N)n(Cc2ccccc2)c(=O)[nH]c1=O. The lowest BCUT2D eigenvalue weighted by molar-refractivity contribution is -0.384. The number of nitrogen functional groups attached to an aromatic ring is 1. The van der Waals surface area contributed by atoms with Crippen LogP contribution in [0.2, 0.25) is 0 Å². The van der Waals surface area contributed by atoms with E-state index in [1.807, 2.05) is 30.3 Å². The molecule has 0 saturated heterocycles. The van der Waals surface area contributed by atoms with Gasteiger partial charge in [0.25, 0.3) is 11.2 Å². The Morgan fingerprint density at radius 1 is 1.12 bits per heavy atom. The third kappa shape index (κ3) is 5.09. The fourth-order valence-electron chi connectivity index (χ4n) is 3.37. The molecule has 0 fully saturated rings. The number of anilines is 3. The summed E-state index contributed by atoms with van der Waals surface area (Å²) >= 11 is 0. The second kappa shape index (κ2) is 9.81. The van der Waals surface area contributed by atoms with Crippen LogP contribution in [0.25, 0.3) is 0 Å². The van der Waals surface area contributed by atoms with Crippen LogP contribution in [0, 0.1) is 10.1 Å². The van der Waals surface area contributed by atoms with E-state index in [0.29, 0.717) is 5.69 Å². The van der Waals surface area contributed by atoms with Crippen LogP contribution in [-0.2, 0) is 11.3 Å². The van der Waals surface area contributed by atoms with Crippen LogP contribution in [0.15, 0.2) is 64.2 Å². The molecule has 1 heterocycles. The quantitative estimate of drug-likeness (QED) is 0.389.